The van der Waals surface area contributed by atoms with E-state index < -0.39 is 11.4 Å². The number of hydrogen-bond acceptors (Lipinski definition) is 2. The van der Waals surface area contributed by atoms with E-state index in [1.165, 1.54) is 0 Å². The zero-order valence-corrected chi connectivity index (χ0v) is 12.1. The molecule has 0 spiro atoms. The van der Waals surface area contributed by atoms with Gasteiger partial charge in [0.15, 0.2) is 0 Å². The first-order valence-corrected chi connectivity index (χ1v) is 7.11. The van der Waals surface area contributed by atoms with Crippen molar-refractivity contribution in [2.45, 2.75) is 33.6 Å². The Bertz CT molecular complexity index is 365. The van der Waals surface area contributed by atoms with Gasteiger partial charge < -0.3 is 14.9 Å². The van der Waals surface area contributed by atoms with Crippen molar-refractivity contribution in [2.24, 2.45) is 17.3 Å². The molecule has 0 radical (unpaired) electrons. The summed E-state index contributed by atoms with van der Waals surface area (Å²) in [6.07, 6.45) is 1.10. The minimum Gasteiger partial charge on any atom is -0.481 e. The van der Waals surface area contributed by atoms with Gasteiger partial charge in [0.05, 0.1) is 5.41 Å². The number of amides is 2. The zero-order valence-electron chi connectivity index (χ0n) is 12.1. The number of hydrogen-bond donors (Lipinski definition) is 1. The summed E-state index contributed by atoms with van der Waals surface area (Å²) in [4.78, 5) is 27.3. The third kappa shape index (κ3) is 2.69. The van der Waals surface area contributed by atoms with Crippen molar-refractivity contribution in [3.05, 3.63) is 0 Å². The monoisotopic (exact) mass is 268 g/mol. The molecule has 0 saturated carbocycles. The predicted molar refractivity (Wildman–Crippen MR) is 71.8 cm³/mol. The van der Waals surface area contributed by atoms with E-state index >= 15 is 0 Å². The van der Waals surface area contributed by atoms with Crippen molar-refractivity contribution in [1.29, 1.82) is 0 Å². The molecular formula is C14H24N2O3. The molecule has 2 atom stereocenters. The first kappa shape index (κ1) is 14.2. The average molecular weight is 268 g/mol. The number of carbonyl (C=O) groups excluding carboxylic acids is 1. The fraction of sp³-hybridized carbons (Fsp3) is 0.857. The zero-order chi connectivity index (χ0) is 14.2. The van der Waals surface area contributed by atoms with E-state index in [1.807, 2.05) is 9.80 Å². The minimum absolute atomic E-state index is 0.0867. The SMILES string of the molecule is CC1CN(C(=O)N2CCC(C)(C(=O)O)CC2)CC1C. The smallest absolute Gasteiger partial charge is 0.320 e. The Morgan fingerprint density at radius 2 is 1.53 bits per heavy atom. The fourth-order valence-electron chi connectivity index (χ4n) is 2.89. The Kier molecular flexibility index (Phi) is 3.74. The van der Waals surface area contributed by atoms with Crippen LogP contribution >= 0.6 is 0 Å². The van der Waals surface area contributed by atoms with Gasteiger partial charge in [-0.3, -0.25) is 4.79 Å². The van der Waals surface area contributed by atoms with E-state index in [2.05, 4.69) is 13.8 Å². The largest absolute Gasteiger partial charge is 0.481 e. The minimum atomic E-state index is -0.747. The first-order valence-electron chi connectivity index (χ1n) is 7.11. The van der Waals surface area contributed by atoms with Crippen LogP contribution in [0.4, 0.5) is 4.79 Å². The maximum atomic E-state index is 12.4. The molecule has 5 nitrogen and oxygen atoms in total. The van der Waals surface area contributed by atoms with Crippen LogP contribution in [0.25, 0.3) is 0 Å². The molecule has 0 aromatic heterocycles. The molecule has 2 saturated heterocycles. The molecule has 2 aliphatic rings. The molecule has 0 bridgehead atoms. The molecule has 2 unspecified atom stereocenters. The number of carboxylic acid groups (broad SMARTS) is 1. The molecule has 5 heteroatoms. The van der Waals surface area contributed by atoms with Crippen LogP contribution in [-0.2, 0) is 4.79 Å². The lowest BCUT2D eigenvalue weighted by Gasteiger charge is -2.38. The first-order chi connectivity index (χ1) is 8.83. The van der Waals surface area contributed by atoms with Crippen LogP contribution in [0.2, 0.25) is 0 Å². The van der Waals surface area contributed by atoms with Crippen molar-refractivity contribution in [1.82, 2.24) is 9.80 Å². The van der Waals surface area contributed by atoms with Crippen LogP contribution in [-0.4, -0.2) is 53.1 Å². The van der Waals surface area contributed by atoms with Gasteiger partial charge in [-0.2, -0.15) is 0 Å². The standard InChI is InChI=1S/C14H24N2O3/c1-10-8-16(9-11(10)2)13(19)15-6-4-14(3,5-7-15)12(17)18/h10-11H,4-9H2,1-3H3,(H,17,18). The van der Waals surface area contributed by atoms with Gasteiger partial charge in [0, 0.05) is 26.2 Å². The average Bonchev–Trinajstić information content (AvgIpc) is 2.69. The van der Waals surface area contributed by atoms with E-state index in [0.717, 1.165) is 13.1 Å². The Morgan fingerprint density at radius 3 is 1.95 bits per heavy atom. The van der Waals surface area contributed by atoms with E-state index in [9.17, 15) is 14.7 Å². The number of rotatable bonds is 1. The highest BCUT2D eigenvalue weighted by atomic mass is 16.4. The second-order valence-corrected chi connectivity index (χ2v) is 6.49. The molecular weight excluding hydrogens is 244 g/mol. The van der Waals surface area contributed by atoms with E-state index in [0.29, 0.717) is 37.8 Å². The molecule has 2 amide bonds. The number of carboxylic acids is 1. The van der Waals surface area contributed by atoms with E-state index in [4.69, 9.17) is 0 Å². The maximum absolute atomic E-state index is 12.4. The third-order valence-corrected chi connectivity index (χ3v) is 4.91. The molecule has 0 aromatic carbocycles. The summed E-state index contributed by atoms with van der Waals surface area (Å²) in [5.41, 5.74) is -0.664. The lowest BCUT2D eigenvalue weighted by atomic mass is 9.80. The molecule has 2 rings (SSSR count). The van der Waals surface area contributed by atoms with Gasteiger partial charge in [-0.25, -0.2) is 4.79 Å². The highest BCUT2D eigenvalue weighted by molar-refractivity contribution is 5.77. The van der Waals surface area contributed by atoms with Crippen LogP contribution < -0.4 is 0 Å². The van der Waals surface area contributed by atoms with Crippen molar-refractivity contribution in [3.8, 4) is 0 Å². The lowest BCUT2D eigenvalue weighted by molar-refractivity contribution is -0.150. The number of carbonyl (C=O) groups is 2. The number of piperidine rings is 1. The van der Waals surface area contributed by atoms with Crippen molar-refractivity contribution in [3.63, 3.8) is 0 Å². The second kappa shape index (κ2) is 5.02. The molecule has 0 aliphatic carbocycles. The van der Waals surface area contributed by atoms with Gasteiger partial charge >= 0.3 is 12.0 Å². The fourth-order valence-corrected chi connectivity index (χ4v) is 2.89. The van der Waals surface area contributed by atoms with Crippen LogP contribution in [0.1, 0.15) is 33.6 Å². The third-order valence-electron chi connectivity index (χ3n) is 4.91. The summed E-state index contributed by atoms with van der Waals surface area (Å²) in [7, 11) is 0. The van der Waals surface area contributed by atoms with E-state index in [1.54, 1.807) is 6.92 Å². The second-order valence-electron chi connectivity index (χ2n) is 6.49. The maximum Gasteiger partial charge on any atom is 0.320 e. The highest BCUT2D eigenvalue weighted by Crippen LogP contribution is 2.32. The highest BCUT2D eigenvalue weighted by Gasteiger charge is 2.40. The molecule has 2 fully saturated rings. The van der Waals surface area contributed by atoms with Gasteiger partial charge in [0.25, 0.3) is 0 Å². The molecule has 2 heterocycles. The van der Waals surface area contributed by atoms with Crippen LogP contribution in [0.5, 0.6) is 0 Å². The Morgan fingerprint density at radius 1 is 1.05 bits per heavy atom. The summed E-state index contributed by atoms with van der Waals surface area (Å²) < 4.78 is 0. The Labute approximate surface area is 114 Å². The molecule has 0 aromatic rings. The van der Waals surface area contributed by atoms with Gasteiger partial charge in [0.1, 0.15) is 0 Å². The van der Waals surface area contributed by atoms with Gasteiger partial charge in [-0.05, 0) is 31.6 Å². The quantitative estimate of drug-likeness (QED) is 0.790. The van der Waals surface area contributed by atoms with Crippen LogP contribution in [0, 0.1) is 17.3 Å². The van der Waals surface area contributed by atoms with Crippen LogP contribution in [0.3, 0.4) is 0 Å². The van der Waals surface area contributed by atoms with Crippen LogP contribution in [0.15, 0.2) is 0 Å². The molecule has 2 aliphatic heterocycles. The summed E-state index contributed by atoms with van der Waals surface area (Å²) in [5, 5.41) is 9.19. The summed E-state index contributed by atoms with van der Waals surface area (Å²) in [6.45, 7) is 8.89. The normalized spacial score (nSPS) is 30.5. The van der Waals surface area contributed by atoms with Crippen molar-refractivity contribution < 1.29 is 14.7 Å². The summed E-state index contributed by atoms with van der Waals surface area (Å²) in [5.74, 6) is 0.360. The topological polar surface area (TPSA) is 60.9 Å². The number of aliphatic carboxylic acids is 1. The Balaban J connectivity index is 1.91. The number of urea groups is 1. The molecule has 1 N–H and O–H groups in total. The van der Waals surface area contributed by atoms with Crippen molar-refractivity contribution >= 4 is 12.0 Å². The van der Waals surface area contributed by atoms with E-state index in [-0.39, 0.29) is 6.03 Å². The summed E-state index contributed by atoms with van der Waals surface area (Å²) >= 11 is 0. The Hall–Kier alpha value is -1.26. The van der Waals surface area contributed by atoms with Gasteiger partial charge in [0.2, 0.25) is 0 Å². The summed E-state index contributed by atoms with van der Waals surface area (Å²) in [6, 6.07) is 0.0867. The number of nitrogens with zero attached hydrogens (tertiary/aromatic N) is 2. The lowest BCUT2D eigenvalue weighted by Crippen LogP contribution is -2.49. The van der Waals surface area contributed by atoms with Gasteiger partial charge in [-0.15, -0.1) is 0 Å². The predicted octanol–water partition coefficient (Wildman–Crippen LogP) is 1.88. The molecule has 19 heavy (non-hydrogen) atoms. The molecule has 108 valence electrons. The number of likely N-dealkylation sites (tertiary alicyclic amines) is 2. The van der Waals surface area contributed by atoms with Gasteiger partial charge in [-0.1, -0.05) is 13.8 Å². The van der Waals surface area contributed by atoms with Crippen molar-refractivity contribution in [2.75, 3.05) is 26.2 Å².